The predicted molar refractivity (Wildman–Crippen MR) is 65.9 cm³/mol. The van der Waals surface area contributed by atoms with E-state index in [0.29, 0.717) is 19.4 Å². The molecule has 1 saturated carbocycles. The van der Waals surface area contributed by atoms with Gasteiger partial charge in [0.25, 0.3) is 0 Å². The second kappa shape index (κ2) is 4.68. The van der Waals surface area contributed by atoms with Crippen LogP contribution in [0.2, 0.25) is 0 Å². The molecule has 1 heterocycles. The van der Waals surface area contributed by atoms with Gasteiger partial charge in [0, 0.05) is 0 Å². The number of aryl methyl sites for hydroxylation is 2. The summed E-state index contributed by atoms with van der Waals surface area (Å²) >= 11 is 0. The normalized spacial score (nSPS) is 27.4. The molecule has 2 atom stereocenters. The van der Waals surface area contributed by atoms with Gasteiger partial charge >= 0.3 is 5.97 Å². The molecule has 0 bridgehead atoms. The standard InChI is InChI=1S/C12H20N4O2/c1-4-18-11(17)12(13)6-5-10(7-12)16-9(3)14-8(2)15-16/h10H,4-7,13H2,1-3H3. The van der Waals surface area contributed by atoms with E-state index < -0.39 is 5.54 Å². The monoisotopic (exact) mass is 252 g/mol. The third-order valence-corrected chi connectivity index (χ3v) is 3.46. The molecule has 1 aliphatic rings. The summed E-state index contributed by atoms with van der Waals surface area (Å²) in [7, 11) is 0. The van der Waals surface area contributed by atoms with E-state index in [1.54, 1.807) is 6.92 Å². The van der Waals surface area contributed by atoms with Crippen LogP contribution in [0.15, 0.2) is 0 Å². The van der Waals surface area contributed by atoms with Crippen LogP contribution in [0.5, 0.6) is 0 Å². The van der Waals surface area contributed by atoms with Gasteiger partial charge in [0.2, 0.25) is 0 Å². The van der Waals surface area contributed by atoms with E-state index in [2.05, 4.69) is 10.1 Å². The number of hydrogen-bond donors (Lipinski definition) is 1. The highest BCUT2D eigenvalue weighted by Crippen LogP contribution is 2.37. The fourth-order valence-electron chi connectivity index (χ4n) is 2.60. The SMILES string of the molecule is CCOC(=O)C1(N)CCC(n2nc(C)nc2C)C1. The Morgan fingerprint density at radius 1 is 1.61 bits per heavy atom. The lowest BCUT2D eigenvalue weighted by molar-refractivity contribution is -0.149. The van der Waals surface area contributed by atoms with Crippen LogP contribution in [0.25, 0.3) is 0 Å². The number of esters is 1. The van der Waals surface area contributed by atoms with E-state index in [-0.39, 0.29) is 12.0 Å². The number of ether oxygens (including phenoxy) is 1. The van der Waals surface area contributed by atoms with E-state index in [4.69, 9.17) is 10.5 Å². The van der Waals surface area contributed by atoms with Gasteiger partial charge in [-0.15, -0.1) is 0 Å². The van der Waals surface area contributed by atoms with Crippen molar-refractivity contribution in [2.75, 3.05) is 6.61 Å². The van der Waals surface area contributed by atoms with Gasteiger partial charge < -0.3 is 10.5 Å². The summed E-state index contributed by atoms with van der Waals surface area (Å²) in [5, 5.41) is 4.36. The molecule has 0 aromatic carbocycles. The predicted octanol–water partition coefficient (Wildman–Crippen LogP) is 0.881. The highest BCUT2D eigenvalue weighted by Gasteiger charge is 2.44. The zero-order valence-corrected chi connectivity index (χ0v) is 11.1. The van der Waals surface area contributed by atoms with Gasteiger partial charge in [-0.2, -0.15) is 5.10 Å². The average molecular weight is 252 g/mol. The fourth-order valence-corrected chi connectivity index (χ4v) is 2.60. The Labute approximate surface area is 107 Å². The summed E-state index contributed by atoms with van der Waals surface area (Å²) in [6, 6.07) is 0.139. The van der Waals surface area contributed by atoms with Crippen molar-refractivity contribution in [1.82, 2.24) is 14.8 Å². The molecular formula is C12H20N4O2. The number of nitrogens with two attached hydrogens (primary N) is 1. The number of carbonyl (C=O) groups excluding carboxylic acids is 1. The lowest BCUT2D eigenvalue weighted by atomic mass is 9.99. The highest BCUT2D eigenvalue weighted by atomic mass is 16.5. The molecule has 1 aromatic rings. The first-order chi connectivity index (χ1) is 8.46. The maximum atomic E-state index is 11.8. The van der Waals surface area contributed by atoms with Crippen molar-refractivity contribution >= 4 is 5.97 Å². The summed E-state index contributed by atoms with van der Waals surface area (Å²) in [5.41, 5.74) is 5.27. The van der Waals surface area contributed by atoms with Gasteiger partial charge in [0.05, 0.1) is 12.6 Å². The molecule has 18 heavy (non-hydrogen) atoms. The van der Waals surface area contributed by atoms with E-state index in [0.717, 1.165) is 18.1 Å². The molecule has 1 aliphatic carbocycles. The van der Waals surface area contributed by atoms with Crippen molar-refractivity contribution < 1.29 is 9.53 Å². The third kappa shape index (κ3) is 2.25. The molecule has 0 radical (unpaired) electrons. The molecule has 1 fully saturated rings. The Bertz CT molecular complexity index is 457. The van der Waals surface area contributed by atoms with Crippen molar-refractivity contribution in [2.24, 2.45) is 5.73 Å². The van der Waals surface area contributed by atoms with Crippen LogP contribution >= 0.6 is 0 Å². The Hall–Kier alpha value is -1.43. The van der Waals surface area contributed by atoms with Gasteiger partial charge in [-0.1, -0.05) is 0 Å². The first-order valence-corrected chi connectivity index (χ1v) is 6.32. The van der Waals surface area contributed by atoms with Crippen LogP contribution in [-0.2, 0) is 9.53 Å². The number of rotatable bonds is 3. The fraction of sp³-hybridized carbons (Fsp3) is 0.750. The summed E-state index contributed by atoms with van der Waals surface area (Å²) in [5.74, 6) is 1.31. The molecule has 2 N–H and O–H groups in total. The highest BCUT2D eigenvalue weighted by molar-refractivity contribution is 5.81. The van der Waals surface area contributed by atoms with Crippen molar-refractivity contribution in [1.29, 1.82) is 0 Å². The van der Waals surface area contributed by atoms with Crippen molar-refractivity contribution in [3.8, 4) is 0 Å². The Morgan fingerprint density at radius 2 is 2.33 bits per heavy atom. The molecule has 0 saturated heterocycles. The van der Waals surface area contributed by atoms with Gasteiger partial charge in [0.1, 0.15) is 17.2 Å². The van der Waals surface area contributed by atoms with E-state index in [9.17, 15) is 4.79 Å². The Kier molecular flexibility index (Phi) is 3.38. The summed E-state index contributed by atoms with van der Waals surface area (Å²) in [6.45, 7) is 5.93. The molecule has 6 nitrogen and oxygen atoms in total. The van der Waals surface area contributed by atoms with Gasteiger partial charge in [-0.05, 0) is 40.0 Å². The number of aromatic nitrogens is 3. The van der Waals surface area contributed by atoms with Gasteiger partial charge in [-0.3, -0.25) is 4.79 Å². The zero-order valence-electron chi connectivity index (χ0n) is 11.1. The maximum Gasteiger partial charge on any atom is 0.326 e. The molecule has 100 valence electrons. The van der Waals surface area contributed by atoms with E-state index in [1.165, 1.54) is 0 Å². The first-order valence-electron chi connectivity index (χ1n) is 6.32. The minimum atomic E-state index is -0.868. The molecule has 0 amide bonds. The lowest BCUT2D eigenvalue weighted by Crippen LogP contribution is -2.46. The second-order valence-electron chi connectivity index (χ2n) is 4.92. The Morgan fingerprint density at radius 3 is 2.89 bits per heavy atom. The second-order valence-corrected chi connectivity index (χ2v) is 4.92. The van der Waals surface area contributed by atoms with Crippen LogP contribution < -0.4 is 5.73 Å². The van der Waals surface area contributed by atoms with E-state index >= 15 is 0 Å². The van der Waals surface area contributed by atoms with Crippen LogP contribution in [0.3, 0.4) is 0 Å². The minimum absolute atomic E-state index is 0.139. The zero-order chi connectivity index (χ0) is 13.3. The summed E-state index contributed by atoms with van der Waals surface area (Å²) < 4.78 is 6.92. The van der Waals surface area contributed by atoms with Crippen LogP contribution in [0, 0.1) is 13.8 Å². The third-order valence-electron chi connectivity index (χ3n) is 3.46. The quantitative estimate of drug-likeness (QED) is 0.807. The molecule has 6 heteroatoms. The van der Waals surface area contributed by atoms with Crippen molar-refractivity contribution in [3.05, 3.63) is 11.6 Å². The molecule has 2 rings (SSSR count). The van der Waals surface area contributed by atoms with E-state index in [1.807, 2.05) is 18.5 Å². The average Bonchev–Trinajstić information content (AvgIpc) is 2.84. The van der Waals surface area contributed by atoms with Crippen LogP contribution in [0.4, 0.5) is 0 Å². The molecule has 0 spiro atoms. The number of nitrogens with zero attached hydrogens (tertiary/aromatic N) is 3. The lowest BCUT2D eigenvalue weighted by Gasteiger charge is -2.21. The molecular weight excluding hydrogens is 232 g/mol. The van der Waals surface area contributed by atoms with Gasteiger partial charge in [-0.25, -0.2) is 9.67 Å². The molecule has 0 aliphatic heterocycles. The Balaban J connectivity index is 2.13. The van der Waals surface area contributed by atoms with Crippen LogP contribution in [0.1, 0.15) is 43.9 Å². The summed E-state index contributed by atoms with van der Waals surface area (Å²) in [4.78, 5) is 16.1. The smallest absolute Gasteiger partial charge is 0.326 e. The minimum Gasteiger partial charge on any atom is -0.465 e. The topological polar surface area (TPSA) is 83.0 Å². The number of carbonyl (C=O) groups is 1. The first kappa shape index (κ1) is 13.0. The number of hydrogen-bond acceptors (Lipinski definition) is 5. The molecule has 2 unspecified atom stereocenters. The molecule has 1 aromatic heterocycles. The summed E-state index contributed by atoms with van der Waals surface area (Å²) in [6.07, 6.45) is 2.03. The van der Waals surface area contributed by atoms with Crippen molar-refractivity contribution in [3.63, 3.8) is 0 Å². The largest absolute Gasteiger partial charge is 0.465 e. The van der Waals surface area contributed by atoms with Crippen molar-refractivity contribution in [2.45, 2.75) is 51.6 Å². The van der Waals surface area contributed by atoms with Crippen LogP contribution in [-0.4, -0.2) is 32.9 Å². The van der Waals surface area contributed by atoms with Gasteiger partial charge in [0.15, 0.2) is 0 Å². The maximum absolute atomic E-state index is 11.8.